The van der Waals surface area contributed by atoms with Gasteiger partial charge >= 0.3 is 0 Å². The molecule has 0 spiro atoms. The summed E-state index contributed by atoms with van der Waals surface area (Å²) in [5.41, 5.74) is 4.67. The van der Waals surface area contributed by atoms with Gasteiger partial charge in [0.05, 0.1) is 11.4 Å². The molecule has 0 bridgehead atoms. The standard InChI is InChI=1S/C23H21FN4O2S2/c1-14-3-8-18(15(2)11-14)25-21(29)9-10-22-27-20(28-30-22)13-32-23-26-19(12-31-23)16-4-6-17(24)7-5-16/h3-8,11-12H,9-10,13H2,1-2H3,(H,25,29). The predicted octanol–water partition coefficient (Wildman–Crippen LogP) is 5.81. The van der Waals surface area contributed by atoms with Crippen molar-refractivity contribution >= 4 is 34.7 Å². The largest absolute Gasteiger partial charge is 0.339 e. The molecule has 0 saturated heterocycles. The summed E-state index contributed by atoms with van der Waals surface area (Å²) in [4.78, 5) is 21.2. The summed E-state index contributed by atoms with van der Waals surface area (Å²) in [6.45, 7) is 3.98. The highest BCUT2D eigenvalue weighted by Crippen LogP contribution is 2.30. The Hall–Kier alpha value is -3.04. The summed E-state index contributed by atoms with van der Waals surface area (Å²) >= 11 is 3.01. The zero-order valence-corrected chi connectivity index (χ0v) is 19.2. The van der Waals surface area contributed by atoms with Crippen LogP contribution in [0.5, 0.6) is 0 Å². The molecule has 2 aromatic carbocycles. The van der Waals surface area contributed by atoms with Crippen LogP contribution in [0.1, 0.15) is 29.3 Å². The molecule has 2 aromatic heterocycles. The third-order valence-corrected chi connectivity index (χ3v) is 6.70. The molecule has 164 valence electrons. The Morgan fingerprint density at radius 2 is 1.97 bits per heavy atom. The van der Waals surface area contributed by atoms with Gasteiger partial charge in [0.15, 0.2) is 10.2 Å². The van der Waals surface area contributed by atoms with Gasteiger partial charge in [-0.2, -0.15) is 4.98 Å². The Morgan fingerprint density at radius 3 is 2.75 bits per heavy atom. The lowest BCUT2D eigenvalue weighted by atomic mass is 10.1. The van der Waals surface area contributed by atoms with E-state index in [-0.39, 0.29) is 18.1 Å². The molecule has 9 heteroatoms. The van der Waals surface area contributed by atoms with Gasteiger partial charge < -0.3 is 9.84 Å². The van der Waals surface area contributed by atoms with Crippen molar-refractivity contribution in [3.8, 4) is 11.3 Å². The Kier molecular flexibility index (Phi) is 6.96. The maximum Gasteiger partial charge on any atom is 0.227 e. The first-order valence-corrected chi connectivity index (χ1v) is 11.9. The molecule has 0 fully saturated rings. The number of aromatic nitrogens is 3. The van der Waals surface area contributed by atoms with Crippen LogP contribution in [-0.2, 0) is 17.0 Å². The van der Waals surface area contributed by atoms with Gasteiger partial charge in [-0.1, -0.05) is 34.6 Å². The van der Waals surface area contributed by atoms with E-state index in [4.69, 9.17) is 4.52 Å². The first-order valence-electron chi connectivity index (χ1n) is 9.99. The second kappa shape index (κ2) is 10.1. The van der Waals surface area contributed by atoms with Crippen molar-refractivity contribution in [2.24, 2.45) is 0 Å². The van der Waals surface area contributed by atoms with E-state index in [1.807, 2.05) is 37.4 Å². The van der Waals surface area contributed by atoms with Gasteiger partial charge in [-0.3, -0.25) is 4.79 Å². The van der Waals surface area contributed by atoms with Gasteiger partial charge in [-0.05, 0) is 49.7 Å². The summed E-state index contributed by atoms with van der Waals surface area (Å²) in [7, 11) is 0. The third-order valence-electron chi connectivity index (χ3n) is 4.68. The number of nitrogens with one attached hydrogen (secondary N) is 1. The minimum atomic E-state index is -0.269. The summed E-state index contributed by atoms with van der Waals surface area (Å²) in [5.74, 6) is 1.13. The van der Waals surface area contributed by atoms with E-state index in [1.54, 1.807) is 12.1 Å². The lowest BCUT2D eigenvalue weighted by molar-refractivity contribution is -0.116. The number of nitrogens with zero attached hydrogens (tertiary/aromatic N) is 3. The highest BCUT2D eigenvalue weighted by Gasteiger charge is 2.12. The van der Waals surface area contributed by atoms with Crippen LogP contribution < -0.4 is 5.32 Å². The molecule has 2 heterocycles. The number of thiazole rings is 1. The Bertz CT molecular complexity index is 1220. The van der Waals surface area contributed by atoms with Crippen LogP contribution in [0.25, 0.3) is 11.3 Å². The number of thioether (sulfide) groups is 1. The maximum atomic E-state index is 13.1. The van der Waals surface area contributed by atoms with Crippen molar-refractivity contribution < 1.29 is 13.7 Å². The van der Waals surface area contributed by atoms with Crippen molar-refractivity contribution in [2.75, 3.05) is 5.32 Å². The zero-order valence-electron chi connectivity index (χ0n) is 17.6. The number of aryl methyl sites for hydroxylation is 3. The molecule has 0 radical (unpaired) electrons. The monoisotopic (exact) mass is 468 g/mol. The van der Waals surface area contributed by atoms with Gasteiger partial charge in [-0.15, -0.1) is 11.3 Å². The second-order valence-corrected chi connectivity index (χ2v) is 9.35. The van der Waals surface area contributed by atoms with Crippen LogP contribution >= 0.6 is 23.1 Å². The number of hydrogen-bond acceptors (Lipinski definition) is 7. The Balaban J connectivity index is 1.26. The van der Waals surface area contributed by atoms with E-state index < -0.39 is 0 Å². The van der Waals surface area contributed by atoms with E-state index in [1.165, 1.54) is 35.2 Å². The molecule has 0 atom stereocenters. The van der Waals surface area contributed by atoms with Crippen molar-refractivity contribution in [3.05, 3.63) is 76.5 Å². The molecule has 1 N–H and O–H groups in total. The van der Waals surface area contributed by atoms with Crippen molar-refractivity contribution in [2.45, 2.75) is 36.8 Å². The number of rotatable bonds is 8. The SMILES string of the molecule is Cc1ccc(NC(=O)CCc2nc(CSc3nc(-c4ccc(F)cc4)cs3)no2)c(C)c1. The van der Waals surface area contributed by atoms with Gasteiger partial charge in [0.25, 0.3) is 0 Å². The molecule has 0 saturated carbocycles. The fraction of sp³-hybridized carbons (Fsp3) is 0.217. The number of carbonyl (C=O) groups excluding carboxylic acids is 1. The molecule has 1 amide bonds. The van der Waals surface area contributed by atoms with Gasteiger partial charge in [0.1, 0.15) is 5.82 Å². The predicted molar refractivity (Wildman–Crippen MR) is 124 cm³/mol. The van der Waals surface area contributed by atoms with E-state index in [9.17, 15) is 9.18 Å². The van der Waals surface area contributed by atoms with Crippen LogP contribution in [0.15, 0.2) is 56.7 Å². The topological polar surface area (TPSA) is 80.9 Å². The fourth-order valence-electron chi connectivity index (χ4n) is 3.04. The highest BCUT2D eigenvalue weighted by molar-refractivity contribution is 8.00. The van der Waals surface area contributed by atoms with Gasteiger partial charge in [0, 0.05) is 29.5 Å². The van der Waals surface area contributed by atoms with Gasteiger partial charge in [-0.25, -0.2) is 9.37 Å². The summed E-state index contributed by atoms with van der Waals surface area (Å²) in [6.07, 6.45) is 0.635. The molecule has 0 aliphatic rings. The first kappa shape index (κ1) is 22.2. The van der Waals surface area contributed by atoms with Crippen molar-refractivity contribution in [3.63, 3.8) is 0 Å². The maximum absolute atomic E-state index is 13.1. The average molecular weight is 469 g/mol. The second-order valence-electron chi connectivity index (χ2n) is 7.27. The highest BCUT2D eigenvalue weighted by atomic mass is 32.2. The Morgan fingerprint density at radius 1 is 1.16 bits per heavy atom. The van der Waals surface area contributed by atoms with E-state index in [0.29, 0.717) is 23.9 Å². The van der Waals surface area contributed by atoms with Crippen LogP contribution in [0, 0.1) is 19.7 Å². The minimum Gasteiger partial charge on any atom is -0.339 e. The number of hydrogen-bond donors (Lipinski definition) is 1. The molecule has 4 aromatic rings. The van der Waals surface area contributed by atoms with Crippen LogP contribution in [0.2, 0.25) is 0 Å². The van der Waals surface area contributed by atoms with Crippen LogP contribution in [0.4, 0.5) is 10.1 Å². The van der Waals surface area contributed by atoms with Gasteiger partial charge in [0.2, 0.25) is 11.8 Å². The third kappa shape index (κ3) is 5.80. The van der Waals surface area contributed by atoms with E-state index in [0.717, 1.165) is 32.4 Å². The molecule has 4 rings (SSSR count). The number of carbonyl (C=O) groups is 1. The van der Waals surface area contributed by atoms with E-state index in [2.05, 4.69) is 20.4 Å². The molecule has 6 nitrogen and oxygen atoms in total. The minimum absolute atomic E-state index is 0.0952. The molecule has 32 heavy (non-hydrogen) atoms. The number of anilines is 1. The molecular formula is C23H21FN4O2S2. The van der Waals surface area contributed by atoms with Crippen molar-refractivity contribution in [1.29, 1.82) is 0 Å². The smallest absolute Gasteiger partial charge is 0.227 e. The molecule has 0 unspecified atom stereocenters. The lowest BCUT2D eigenvalue weighted by Gasteiger charge is -2.08. The molecule has 0 aliphatic heterocycles. The van der Waals surface area contributed by atoms with Crippen LogP contribution in [0.3, 0.4) is 0 Å². The fourth-order valence-corrected chi connectivity index (χ4v) is 4.72. The first-order chi connectivity index (χ1) is 15.5. The average Bonchev–Trinajstić information content (AvgIpc) is 3.43. The normalized spacial score (nSPS) is 11.0. The van der Waals surface area contributed by atoms with E-state index >= 15 is 0 Å². The zero-order chi connectivity index (χ0) is 22.5. The molecular weight excluding hydrogens is 447 g/mol. The lowest BCUT2D eigenvalue weighted by Crippen LogP contribution is -2.13. The number of amides is 1. The quantitative estimate of drug-likeness (QED) is 0.329. The summed E-state index contributed by atoms with van der Waals surface area (Å²) in [5, 5.41) is 8.84. The Labute approximate surface area is 193 Å². The molecule has 0 aliphatic carbocycles. The summed E-state index contributed by atoms with van der Waals surface area (Å²) in [6, 6.07) is 12.2. The number of halogens is 1. The van der Waals surface area contributed by atoms with Crippen molar-refractivity contribution in [1.82, 2.24) is 15.1 Å². The van der Waals surface area contributed by atoms with Crippen LogP contribution in [-0.4, -0.2) is 21.0 Å². The number of benzene rings is 2. The summed E-state index contributed by atoms with van der Waals surface area (Å²) < 4.78 is 19.2.